The van der Waals surface area contributed by atoms with Crippen LogP contribution in [0.15, 0.2) is 182 Å². The summed E-state index contributed by atoms with van der Waals surface area (Å²) < 4.78 is 2.44. The minimum atomic E-state index is 0.620. The van der Waals surface area contributed by atoms with E-state index in [1.807, 2.05) is 60.7 Å². The van der Waals surface area contributed by atoms with Gasteiger partial charge in [-0.25, -0.2) is 15.0 Å². The smallest absolute Gasteiger partial charge is 0.164 e. The van der Waals surface area contributed by atoms with Crippen LogP contribution in [0, 0.1) is 0 Å². The van der Waals surface area contributed by atoms with E-state index >= 15 is 0 Å². The van der Waals surface area contributed by atoms with Gasteiger partial charge in [-0.15, -0.1) is 0 Å². The molecule has 55 heavy (non-hydrogen) atoms. The number of aromatic nitrogens is 6. The highest BCUT2D eigenvalue weighted by molar-refractivity contribution is 6.32. The van der Waals surface area contributed by atoms with E-state index < -0.39 is 0 Å². The molecule has 256 valence electrons. The van der Waals surface area contributed by atoms with Crippen LogP contribution in [0.2, 0.25) is 0 Å². The zero-order valence-corrected chi connectivity index (χ0v) is 29.5. The lowest BCUT2D eigenvalue weighted by Gasteiger charge is -2.17. The van der Waals surface area contributed by atoms with E-state index in [0.29, 0.717) is 17.5 Å². The van der Waals surface area contributed by atoms with Gasteiger partial charge in [0.15, 0.2) is 17.5 Å². The Kier molecular flexibility index (Phi) is 7.07. The summed E-state index contributed by atoms with van der Waals surface area (Å²) in [7, 11) is 0. The first-order valence-corrected chi connectivity index (χ1v) is 18.3. The maximum Gasteiger partial charge on any atom is 0.164 e. The first kappa shape index (κ1) is 31.0. The van der Waals surface area contributed by atoms with Crippen LogP contribution in [0.25, 0.3) is 105 Å². The fraction of sp³-hybridized carbons (Fsp3) is 0. The molecular formula is C49H30N6. The predicted octanol–water partition coefficient (Wildman–Crippen LogP) is 11.9. The quantitative estimate of drug-likeness (QED) is 0.167. The lowest BCUT2D eigenvalue weighted by Crippen LogP contribution is -2.01. The van der Waals surface area contributed by atoms with Gasteiger partial charge in [-0.05, 0) is 29.1 Å². The van der Waals surface area contributed by atoms with Crippen molar-refractivity contribution in [1.82, 2.24) is 29.5 Å². The third-order valence-electron chi connectivity index (χ3n) is 10.5. The first-order chi connectivity index (χ1) is 27.3. The molecule has 8 aromatic carbocycles. The topological polar surface area (TPSA) is 69.4 Å². The lowest BCUT2D eigenvalue weighted by atomic mass is 9.96. The monoisotopic (exact) mass is 702 g/mol. The molecule has 11 rings (SSSR count). The van der Waals surface area contributed by atoms with Crippen molar-refractivity contribution in [2.45, 2.75) is 0 Å². The van der Waals surface area contributed by atoms with Crippen molar-refractivity contribution in [2.75, 3.05) is 0 Å². The number of rotatable bonds is 5. The molecule has 0 unspecified atom stereocenters. The third-order valence-corrected chi connectivity index (χ3v) is 10.5. The van der Waals surface area contributed by atoms with Gasteiger partial charge in [0.25, 0.3) is 0 Å². The van der Waals surface area contributed by atoms with Crippen LogP contribution in [-0.2, 0) is 0 Å². The van der Waals surface area contributed by atoms with Gasteiger partial charge < -0.3 is 4.57 Å². The van der Waals surface area contributed by atoms with Crippen molar-refractivity contribution < 1.29 is 0 Å². The van der Waals surface area contributed by atoms with Crippen molar-refractivity contribution in [3.63, 3.8) is 0 Å². The molecular weight excluding hydrogens is 673 g/mol. The molecule has 3 aromatic heterocycles. The van der Waals surface area contributed by atoms with Gasteiger partial charge in [0.2, 0.25) is 0 Å². The van der Waals surface area contributed by atoms with Gasteiger partial charge in [0.05, 0.1) is 27.8 Å². The van der Waals surface area contributed by atoms with E-state index in [-0.39, 0.29) is 0 Å². The lowest BCUT2D eigenvalue weighted by molar-refractivity contribution is 1.07. The van der Waals surface area contributed by atoms with Crippen LogP contribution in [0.1, 0.15) is 0 Å². The van der Waals surface area contributed by atoms with Crippen LogP contribution >= 0.6 is 0 Å². The molecule has 0 aliphatic heterocycles. The molecule has 0 saturated heterocycles. The normalized spacial score (nSPS) is 11.6. The van der Waals surface area contributed by atoms with E-state index in [9.17, 15) is 0 Å². The zero-order valence-electron chi connectivity index (χ0n) is 29.5. The Balaban J connectivity index is 1.17. The SMILES string of the molecule is c1ccc(-c2nc(-c3ccccc3)nc(-c3cccc(-c4ccccc4-n4c5ccccc5c5ccc6c7nccnc7c7ccccc7c6c54)c3)n2)cc1. The van der Waals surface area contributed by atoms with Gasteiger partial charge in [-0.2, -0.15) is 0 Å². The van der Waals surface area contributed by atoms with Gasteiger partial charge in [0.1, 0.15) is 0 Å². The molecule has 0 saturated carbocycles. The number of hydrogen-bond acceptors (Lipinski definition) is 5. The van der Waals surface area contributed by atoms with Gasteiger partial charge >= 0.3 is 0 Å². The Labute approximate surface area is 316 Å². The third kappa shape index (κ3) is 5.00. The molecule has 3 heterocycles. The second kappa shape index (κ2) is 12.5. The fourth-order valence-electron chi connectivity index (χ4n) is 8.09. The van der Waals surface area contributed by atoms with E-state index in [2.05, 4.69) is 114 Å². The minimum absolute atomic E-state index is 0.620. The van der Waals surface area contributed by atoms with Crippen molar-refractivity contribution in [3.05, 3.63) is 182 Å². The van der Waals surface area contributed by atoms with Gasteiger partial charge in [-0.3, -0.25) is 9.97 Å². The summed E-state index contributed by atoms with van der Waals surface area (Å²) in [5.74, 6) is 1.89. The summed E-state index contributed by atoms with van der Waals surface area (Å²) in [5, 5.41) is 6.86. The summed E-state index contributed by atoms with van der Waals surface area (Å²) in [6.45, 7) is 0. The Morgan fingerprint density at radius 2 is 0.891 bits per heavy atom. The number of hydrogen-bond donors (Lipinski definition) is 0. The number of benzene rings is 8. The number of nitrogens with zero attached hydrogens (tertiary/aromatic N) is 6. The molecule has 0 spiro atoms. The first-order valence-electron chi connectivity index (χ1n) is 18.3. The van der Waals surface area contributed by atoms with Crippen LogP contribution in [0.5, 0.6) is 0 Å². The largest absolute Gasteiger partial charge is 0.308 e. The average Bonchev–Trinajstić information content (AvgIpc) is 3.61. The van der Waals surface area contributed by atoms with Gasteiger partial charge in [-0.1, -0.05) is 152 Å². The van der Waals surface area contributed by atoms with E-state index in [0.717, 1.165) is 77.1 Å². The molecule has 6 heteroatoms. The van der Waals surface area contributed by atoms with Crippen molar-refractivity contribution in [1.29, 1.82) is 0 Å². The second-order valence-electron chi connectivity index (χ2n) is 13.7. The zero-order chi connectivity index (χ0) is 36.3. The molecule has 0 aliphatic rings. The molecule has 0 fully saturated rings. The standard InChI is InChI=1S/C49H30N6/c1-3-14-31(15-4-1)47-52-48(32-16-5-2-6-17-32)54-49(53-47)34-19-13-18-33(30-34)35-20-9-11-24-41(35)55-42-25-12-10-21-36(42)39-26-27-40-43(46(39)55)37-22-7-8-23-38(37)44-45(40)51-29-28-50-44/h1-30H. The second-order valence-corrected chi connectivity index (χ2v) is 13.7. The van der Waals surface area contributed by atoms with Gasteiger partial charge in [0, 0.05) is 61.6 Å². The van der Waals surface area contributed by atoms with E-state index in [4.69, 9.17) is 24.9 Å². The molecule has 0 aliphatic carbocycles. The van der Waals surface area contributed by atoms with Crippen molar-refractivity contribution in [3.8, 4) is 51.0 Å². The summed E-state index contributed by atoms with van der Waals surface area (Å²) in [4.78, 5) is 24.7. The predicted molar refractivity (Wildman–Crippen MR) is 224 cm³/mol. The number of fused-ring (bicyclic) bond motifs is 10. The molecule has 6 nitrogen and oxygen atoms in total. The molecule has 0 radical (unpaired) electrons. The van der Waals surface area contributed by atoms with Crippen molar-refractivity contribution >= 4 is 54.4 Å². The van der Waals surface area contributed by atoms with Crippen LogP contribution in [-0.4, -0.2) is 29.5 Å². The Morgan fingerprint density at radius 3 is 1.62 bits per heavy atom. The Hall–Kier alpha value is -7.57. The summed E-state index contributed by atoms with van der Waals surface area (Å²) in [6.07, 6.45) is 3.57. The van der Waals surface area contributed by atoms with E-state index in [1.54, 1.807) is 12.4 Å². The summed E-state index contributed by atoms with van der Waals surface area (Å²) in [6, 6.07) is 59.1. The molecule has 0 N–H and O–H groups in total. The summed E-state index contributed by atoms with van der Waals surface area (Å²) in [5.41, 5.74) is 10.1. The number of para-hydroxylation sites is 2. The van der Waals surface area contributed by atoms with Crippen LogP contribution in [0.4, 0.5) is 0 Å². The molecule has 11 aromatic rings. The minimum Gasteiger partial charge on any atom is -0.308 e. The molecule has 0 bridgehead atoms. The average molecular weight is 703 g/mol. The maximum absolute atomic E-state index is 5.04. The maximum atomic E-state index is 5.04. The van der Waals surface area contributed by atoms with E-state index in [1.165, 1.54) is 10.8 Å². The fourth-order valence-corrected chi connectivity index (χ4v) is 8.09. The van der Waals surface area contributed by atoms with Crippen LogP contribution < -0.4 is 0 Å². The highest BCUT2D eigenvalue weighted by Crippen LogP contribution is 2.43. The van der Waals surface area contributed by atoms with Crippen LogP contribution in [0.3, 0.4) is 0 Å². The van der Waals surface area contributed by atoms with Crippen molar-refractivity contribution in [2.24, 2.45) is 0 Å². The highest BCUT2D eigenvalue weighted by Gasteiger charge is 2.21. The Bertz CT molecular complexity index is 3170. The Morgan fingerprint density at radius 1 is 0.364 bits per heavy atom. The highest BCUT2D eigenvalue weighted by atomic mass is 15.0. The molecule has 0 atom stereocenters. The molecule has 0 amide bonds. The summed E-state index contributed by atoms with van der Waals surface area (Å²) >= 11 is 0.